The van der Waals surface area contributed by atoms with Gasteiger partial charge < -0.3 is 14.3 Å². The zero-order chi connectivity index (χ0) is 18.6. The van der Waals surface area contributed by atoms with Crippen molar-refractivity contribution >= 4 is 24.3 Å². The summed E-state index contributed by atoms with van der Waals surface area (Å²) in [5.41, 5.74) is 0.735. The Kier molecular flexibility index (Phi) is 6.42. The number of furan rings is 1. The summed E-state index contributed by atoms with van der Waals surface area (Å²) in [5, 5.41) is 14.5. The molecule has 10 nitrogen and oxygen atoms in total. The molecule has 3 aromatic rings. The van der Waals surface area contributed by atoms with Gasteiger partial charge in [0.25, 0.3) is 0 Å². The second kappa shape index (κ2) is 8.98. The van der Waals surface area contributed by atoms with E-state index in [1.165, 1.54) is 12.5 Å². The number of aryl methyl sites for hydroxylation is 2. The van der Waals surface area contributed by atoms with Gasteiger partial charge >= 0.3 is 0 Å². The van der Waals surface area contributed by atoms with Gasteiger partial charge in [-0.05, 0) is 32.0 Å². The SMILES string of the molecule is Cl.Cn1nc(C2CCNCC2)nc1NC(=O)CCc1nc(-c2ccoc2)no1. The number of carbonyl (C=O) groups is 1. The predicted octanol–water partition coefficient (Wildman–Crippen LogP) is 1.92. The molecule has 0 saturated carbocycles. The molecule has 1 saturated heterocycles. The minimum Gasteiger partial charge on any atom is -0.472 e. The first-order valence-corrected chi connectivity index (χ1v) is 8.95. The zero-order valence-electron chi connectivity index (χ0n) is 15.4. The Morgan fingerprint density at radius 2 is 2.18 bits per heavy atom. The van der Waals surface area contributed by atoms with Gasteiger partial charge in [0.1, 0.15) is 6.26 Å². The van der Waals surface area contributed by atoms with Crippen LogP contribution in [0, 0.1) is 0 Å². The van der Waals surface area contributed by atoms with Gasteiger partial charge in [-0.1, -0.05) is 5.16 Å². The van der Waals surface area contributed by atoms with Crippen molar-refractivity contribution < 1.29 is 13.7 Å². The summed E-state index contributed by atoms with van der Waals surface area (Å²) in [6, 6.07) is 1.75. The molecule has 1 amide bonds. The molecule has 3 aromatic heterocycles. The number of hydrogen-bond acceptors (Lipinski definition) is 8. The van der Waals surface area contributed by atoms with Crippen molar-refractivity contribution in [3.8, 4) is 11.4 Å². The second-order valence-corrected chi connectivity index (χ2v) is 6.51. The average molecular weight is 408 g/mol. The van der Waals surface area contributed by atoms with Crippen LogP contribution in [0.25, 0.3) is 11.4 Å². The Morgan fingerprint density at radius 1 is 1.36 bits per heavy atom. The number of carbonyl (C=O) groups excluding carboxylic acids is 1. The number of nitrogens with zero attached hydrogens (tertiary/aromatic N) is 5. The number of amides is 1. The number of aromatic nitrogens is 5. The number of piperidine rings is 1. The Morgan fingerprint density at radius 3 is 2.93 bits per heavy atom. The fourth-order valence-corrected chi connectivity index (χ4v) is 3.04. The molecule has 28 heavy (non-hydrogen) atoms. The Labute approximate surface area is 167 Å². The molecule has 0 aromatic carbocycles. The van der Waals surface area contributed by atoms with E-state index in [4.69, 9.17) is 8.94 Å². The van der Waals surface area contributed by atoms with Gasteiger partial charge in [-0.25, -0.2) is 4.68 Å². The van der Waals surface area contributed by atoms with Gasteiger partial charge in [0.05, 0.1) is 11.8 Å². The van der Waals surface area contributed by atoms with Crippen LogP contribution in [0.3, 0.4) is 0 Å². The van der Waals surface area contributed by atoms with Crippen LogP contribution in [-0.2, 0) is 18.3 Å². The Bertz CT molecular complexity index is 900. The van der Waals surface area contributed by atoms with E-state index in [0.717, 1.165) is 37.3 Å². The van der Waals surface area contributed by atoms with E-state index in [1.807, 2.05) is 0 Å². The maximum atomic E-state index is 12.3. The molecular weight excluding hydrogens is 386 g/mol. The van der Waals surface area contributed by atoms with Gasteiger partial charge in [-0.2, -0.15) is 15.1 Å². The van der Waals surface area contributed by atoms with Gasteiger partial charge in [0.15, 0.2) is 5.82 Å². The molecule has 1 aliphatic heterocycles. The van der Waals surface area contributed by atoms with Crippen LogP contribution in [0.4, 0.5) is 5.95 Å². The summed E-state index contributed by atoms with van der Waals surface area (Å²) < 4.78 is 11.8. The maximum Gasteiger partial charge on any atom is 0.227 e. The number of hydrogen-bond donors (Lipinski definition) is 2. The van der Waals surface area contributed by atoms with E-state index in [1.54, 1.807) is 17.8 Å². The summed E-state index contributed by atoms with van der Waals surface area (Å²) in [7, 11) is 1.78. The lowest BCUT2D eigenvalue weighted by atomic mass is 9.98. The lowest BCUT2D eigenvalue weighted by Gasteiger charge is -2.19. The third kappa shape index (κ3) is 4.57. The molecule has 4 rings (SSSR count). The highest BCUT2D eigenvalue weighted by atomic mass is 35.5. The molecule has 4 heterocycles. The van der Waals surface area contributed by atoms with Gasteiger partial charge in [0.2, 0.25) is 23.6 Å². The molecule has 11 heteroatoms. The highest BCUT2D eigenvalue weighted by Gasteiger charge is 2.21. The van der Waals surface area contributed by atoms with E-state index < -0.39 is 0 Å². The van der Waals surface area contributed by atoms with Crippen LogP contribution in [0.1, 0.15) is 36.9 Å². The van der Waals surface area contributed by atoms with Crippen molar-refractivity contribution in [2.75, 3.05) is 18.4 Å². The minimum atomic E-state index is -0.176. The molecule has 0 aliphatic carbocycles. The van der Waals surface area contributed by atoms with Crippen LogP contribution < -0.4 is 10.6 Å². The van der Waals surface area contributed by atoms with Crippen molar-refractivity contribution in [3.63, 3.8) is 0 Å². The van der Waals surface area contributed by atoms with Gasteiger partial charge in [-0.15, -0.1) is 12.4 Å². The molecule has 2 N–H and O–H groups in total. The first-order valence-electron chi connectivity index (χ1n) is 8.95. The molecule has 150 valence electrons. The smallest absolute Gasteiger partial charge is 0.227 e. The Balaban J connectivity index is 0.00000225. The van der Waals surface area contributed by atoms with Crippen molar-refractivity contribution in [1.82, 2.24) is 30.2 Å². The molecule has 1 aliphatic rings. The quantitative estimate of drug-likeness (QED) is 0.635. The van der Waals surface area contributed by atoms with Crippen molar-refractivity contribution in [2.24, 2.45) is 7.05 Å². The minimum absolute atomic E-state index is 0. The first kappa shape index (κ1) is 20.0. The lowest BCUT2D eigenvalue weighted by molar-refractivity contribution is -0.116. The number of halogens is 1. The van der Waals surface area contributed by atoms with Gasteiger partial charge in [-0.3, -0.25) is 10.1 Å². The number of rotatable bonds is 6. The van der Waals surface area contributed by atoms with Crippen molar-refractivity contribution in [2.45, 2.75) is 31.6 Å². The van der Waals surface area contributed by atoms with E-state index in [0.29, 0.717) is 30.0 Å². The summed E-state index contributed by atoms with van der Waals surface area (Å²) in [5.74, 6) is 2.25. The molecule has 0 radical (unpaired) electrons. The number of nitrogens with one attached hydrogen (secondary N) is 2. The van der Waals surface area contributed by atoms with Crippen molar-refractivity contribution in [1.29, 1.82) is 0 Å². The fraction of sp³-hybridized carbons (Fsp3) is 0.471. The highest BCUT2D eigenvalue weighted by Crippen LogP contribution is 2.23. The molecule has 1 fully saturated rings. The molecular formula is C17H22ClN7O3. The van der Waals surface area contributed by atoms with Crippen molar-refractivity contribution in [3.05, 3.63) is 30.3 Å². The fourth-order valence-electron chi connectivity index (χ4n) is 3.04. The lowest BCUT2D eigenvalue weighted by Crippen LogP contribution is -2.27. The molecule has 0 atom stereocenters. The van der Waals surface area contributed by atoms with Crippen LogP contribution in [-0.4, -0.2) is 43.9 Å². The third-order valence-corrected chi connectivity index (χ3v) is 4.55. The van der Waals surface area contributed by atoms with E-state index in [2.05, 4.69) is 30.9 Å². The van der Waals surface area contributed by atoms with E-state index >= 15 is 0 Å². The van der Waals surface area contributed by atoms with Crippen LogP contribution in [0.5, 0.6) is 0 Å². The summed E-state index contributed by atoms with van der Waals surface area (Å²) in [6.45, 7) is 1.94. The van der Waals surface area contributed by atoms with Crippen LogP contribution in [0.15, 0.2) is 27.5 Å². The average Bonchev–Trinajstić information content (AvgIpc) is 3.42. The monoisotopic (exact) mass is 407 g/mol. The summed E-state index contributed by atoms with van der Waals surface area (Å²) in [6.07, 6.45) is 5.65. The van der Waals surface area contributed by atoms with E-state index in [-0.39, 0.29) is 24.7 Å². The number of anilines is 1. The predicted molar refractivity (Wildman–Crippen MR) is 102 cm³/mol. The van der Waals surface area contributed by atoms with Gasteiger partial charge in [0, 0.05) is 25.8 Å². The second-order valence-electron chi connectivity index (χ2n) is 6.51. The Hall–Kier alpha value is -2.72. The van der Waals surface area contributed by atoms with Crippen LogP contribution in [0.2, 0.25) is 0 Å². The third-order valence-electron chi connectivity index (χ3n) is 4.55. The standard InChI is InChI=1S/C17H21N7O3.ClH/c1-24-17(21-15(22-24)11-4-7-18-8-5-11)19-13(25)2-3-14-20-16(23-27-14)12-6-9-26-10-12;/h6,9-11,18H,2-5,7-8H2,1H3,(H,19,21,22,25);1H. The normalized spacial score (nSPS) is 14.6. The zero-order valence-corrected chi connectivity index (χ0v) is 16.2. The van der Waals surface area contributed by atoms with E-state index in [9.17, 15) is 4.79 Å². The van der Waals surface area contributed by atoms with Crippen LogP contribution >= 0.6 is 12.4 Å². The highest BCUT2D eigenvalue weighted by molar-refractivity contribution is 5.89. The first-order chi connectivity index (χ1) is 13.2. The molecule has 0 spiro atoms. The molecule has 0 bridgehead atoms. The topological polar surface area (TPSA) is 124 Å². The summed E-state index contributed by atoms with van der Waals surface area (Å²) in [4.78, 5) is 21.0. The maximum absolute atomic E-state index is 12.3. The largest absolute Gasteiger partial charge is 0.472 e. The molecule has 0 unspecified atom stereocenters. The summed E-state index contributed by atoms with van der Waals surface area (Å²) >= 11 is 0.